The fourth-order valence-corrected chi connectivity index (χ4v) is 1.83. The Hall–Kier alpha value is -2.53. The average molecular weight is 304 g/mol. The van der Waals surface area contributed by atoms with E-state index in [1.165, 1.54) is 6.07 Å². The molecule has 2 aromatic carbocycles. The number of nitrogen functional groups attached to an aromatic ring is 1. The first-order valence-electron chi connectivity index (χ1n) is 6.24. The number of rotatable bonds is 3. The molecule has 2 rings (SSSR count). The molecule has 0 bridgehead atoms. The summed E-state index contributed by atoms with van der Waals surface area (Å²) in [5.41, 5.74) is 7.30. The summed E-state index contributed by atoms with van der Waals surface area (Å²) in [4.78, 5) is 23.4. The summed E-state index contributed by atoms with van der Waals surface area (Å²) in [5.74, 6) is -1.47. The van der Waals surface area contributed by atoms with Gasteiger partial charge in [0.2, 0.25) is 0 Å². The van der Waals surface area contributed by atoms with Gasteiger partial charge < -0.3 is 16.4 Å². The van der Waals surface area contributed by atoms with Crippen LogP contribution in [0.5, 0.6) is 0 Å². The number of hydrogen-bond acceptors (Lipinski definition) is 3. The van der Waals surface area contributed by atoms with E-state index in [2.05, 4.69) is 10.6 Å². The molecule has 0 atom stereocenters. The Labute approximate surface area is 127 Å². The predicted molar refractivity (Wildman–Crippen MR) is 82.8 cm³/mol. The molecular formula is C15H14ClN3O2. The van der Waals surface area contributed by atoms with E-state index in [0.717, 1.165) is 5.56 Å². The van der Waals surface area contributed by atoms with Gasteiger partial charge in [-0.1, -0.05) is 41.9 Å². The maximum atomic E-state index is 11.7. The third kappa shape index (κ3) is 4.22. The molecule has 0 aliphatic heterocycles. The number of carbonyl (C=O) groups excluding carboxylic acids is 2. The second kappa shape index (κ2) is 6.76. The first-order chi connectivity index (χ1) is 10.1. The second-order valence-corrected chi connectivity index (χ2v) is 4.77. The molecule has 0 radical (unpaired) electrons. The number of hydrogen-bond donors (Lipinski definition) is 3. The van der Waals surface area contributed by atoms with Crippen molar-refractivity contribution in [2.45, 2.75) is 6.54 Å². The number of halogens is 1. The Kier molecular flexibility index (Phi) is 4.79. The molecule has 0 aliphatic carbocycles. The van der Waals surface area contributed by atoms with Gasteiger partial charge in [0.05, 0.1) is 10.7 Å². The van der Waals surface area contributed by atoms with Crippen molar-refractivity contribution in [2.75, 3.05) is 11.1 Å². The molecule has 108 valence electrons. The van der Waals surface area contributed by atoms with E-state index in [9.17, 15) is 9.59 Å². The van der Waals surface area contributed by atoms with E-state index in [1.54, 1.807) is 12.1 Å². The molecule has 0 heterocycles. The fourth-order valence-electron chi connectivity index (χ4n) is 1.65. The highest BCUT2D eigenvalue weighted by molar-refractivity contribution is 6.40. The number of nitrogens with two attached hydrogens (primary N) is 1. The summed E-state index contributed by atoms with van der Waals surface area (Å²) in [6, 6.07) is 13.9. The van der Waals surface area contributed by atoms with Crippen molar-refractivity contribution in [3.63, 3.8) is 0 Å². The van der Waals surface area contributed by atoms with Crippen LogP contribution in [0.4, 0.5) is 11.4 Å². The standard InChI is InChI=1S/C15H14ClN3O2/c16-12-8-11(6-7-13(12)17)19-15(21)14(20)18-9-10-4-2-1-3-5-10/h1-8H,9,17H2,(H,18,20)(H,19,21). The van der Waals surface area contributed by atoms with Crippen molar-refractivity contribution in [1.82, 2.24) is 5.32 Å². The fraction of sp³-hybridized carbons (Fsp3) is 0.0667. The van der Waals surface area contributed by atoms with Gasteiger partial charge in [0.1, 0.15) is 0 Å². The number of carbonyl (C=O) groups is 2. The van der Waals surface area contributed by atoms with Crippen molar-refractivity contribution in [3.05, 3.63) is 59.1 Å². The van der Waals surface area contributed by atoms with Crippen molar-refractivity contribution >= 4 is 34.8 Å². The van der Waals surface area contributed by atoms with Gasteiger partial charge in [-0.3, -0.25) is 9.59 Å². The molecule has 0 saturated heterocycles. The van der Waals surface area contributed by atoms with Crippen molar-refractivity contribution in [1.29, 1.82) is 0 Å². The highest BCUT2D eigenvalue weighted by atomic mass is 35.5. The number of amides is 2. The average Bonchev–Trinajstić information content (AvgIpc) is 2.49. The molecule has 6 heteroatoms. The zero-order valence-electron chi connectivity index (χ0n) is 11.1. The molecule has 0 saturated carbocycles. The Morgan fingerprint density at radius 1 is 1.05 bits per heavy atom. The van der Waals surface area contributed by atoms with E-state index in [4.69, 9.17) is 17.3 Å². The zero-order chi connectivity index (χ0) is 15.2. The molecule has 4 N–H and O–H groups in total. The largest absolute Gasteiger partial charge is 0.398 e. The number of nitrogens with one attached hydrogen (secondary N) is 2. The van der Waals surface area contributed by atoms with E-state index < -0.39 is 11.8 Å². The minimum atomic E-state index is -0.758. The van der Waals surface area contributed by atoms with Crippen LogP contribution in [0.25, 0.3) is 0 Å². The molecule has 0 aliphatic rings. The highest BCUT2D eigenvalue weighted by Crippen LogP contribution is 2.22. The van der Waals surface area contributed by atoms with Crippen LogP contribution < -0.4 is 16.4 Å². The van der Waals surface area contributed by atoms with Crippen LogP contribution in [0.2, 0.25) is 5.02 Å². The number of benzene rings is 2. The molecule has 2 aromatic rings. The van der Waals surface area contributed by atoms with Crippen LogP contribution in [0.1, 0.15) is 5.56 Å². The van der Waals surface area contributed by atoms with Crippen LogP contribution in [-0.4, -0.2) is 11.8 Å². The summed E-state index contributed by atoms with van der Waals surface area (Å²) < 4.78 is 0. The van der Waals surface area contributed by atoms with Gasteiger partial charge in [0.25, 0.3) is 0 Å². The number of anilines is 2. The van der Waals surface area contributed by atoms with E-state index >= 15 is 0 Å². The minimum Gasteiger partial charge on any atom is -0.398 e. The van der Waals surface area contributed by atoms with E-state index in [1.807, 2.05) is 30.3 Å². The van der Waals surface area contributed by atoms with E-state index in [-0.39, 0.29) is 6.54 Å². The third-order valence-electron chi connectivity index (χ3n) is 2.76. The Morgan fingerprint density at radius 3 is 2.43 bits per heavy atom. The van der Waals surface area contributed by atoms with Crippen LogP contribution in [0.3, 0.4) is 0 Å². The molecule has 5 nitrogen and oxygen atoms in total. The van der Waals surface area contributed by atoms with Crippen molar-refractivity contribution < 1.29 is 9.59 Å². The Bertz CT molecular complexity index is 659. The monoisotopic (exact) mass is 303 g/mol. The summed E-state index contributed by atoms with van der Waals surface area (Å²) in [5, 5.41) is 5.31. The zero-order valence-corrected chi connectivity index (χ0v) is 11.9. The van der Waals surface area contributed by atoms with Gasteiger partial charge in [0, 0.05) is 12.2 Å². The molecule has 21 heavy (non-hydrogen) atoms. The molecule has 0 fully saturated rings. The lowest BCUT2D eigenvalue weighted by molar-refractivity contribution is -0.136. The summed E-state index contributed by atoms with van der Waals surface area (Å²) in [7, 11) is 0. The van der Waals surface area contributed by atoms with E-state index in [0.29, 0.717) is 16.4 Å². The van der Waals surface area contributed by atoms with Gasteiger partial charge in [0.15, 0.2) is 0 Å². The summed E-state index contributed by atoms with van der Waals surface area (Å²) >= 11 is 5.84. The second-order valence-electron chi connectivity index (χ2n) is 4.36. The lowest BCUT2D eigenvalue weighted by Crippen LogP contribution is -2.34. The van der Waals surface area contributed by atoms with Gasteiger partial charge in [-0.25, -0.2) is 0 Å². The summed E-state index contributed by atoms with van der Waals surface area (Å²) in [6.45, 7) is 0.287. The molecule has 0 spiro atoms. The first kappa shape index (κ1) is 14.9. The normalized spacial score (nSPS) is 9.95. The molecular weight excluding hydrogens is 290 g/mol. The van der Waals surface area contributed by atoms with Crippen molar-refractivity contribution in [3.8, 4) is 0 Å². The third-order valence-corrected chi connectivity index (χ3v) is 3.09. The van der Waals surface area contributed by atoms with Gasteiger partial charge in [-0.05, 0) is 23.8 Å². The molecule has 0 aromatic heterocycles. The Balaban J connectivity index is 1.90. The molecule has 0 unspecified atom stereocenters. The maximum Gasteiger partial charge on any atom is 0.313 e. The van der Waals surface area contributed by atoms with Crippen molar-refractivity contribution in [2.24, 2.45) is 0 Å². The Morgan fingerprint density at radius 2 is 1.76 bits per heavy atom. The van der Waals surface area contributed by atoms with Gasteiger partial charge in [-0.2, -0.15) is 0 Å². The maximum absolute atomic E-state index is 11.7. The van der Waals surface area contributed by atoms with Crippen LogP contribution in [-0.2, 0) is 16.1 Å². The SMILES string of the molecule is Nc1ccc(NC(=O)C(=O)NCc2ccccc2)cc1Cl. The topological polar surface area (TPSA) is 84.2 Å². The van der Waals surface area contributed by atoms with Crippen LogP contribution in [0.15, 0.2) is 48.5 Å². The van der Waals surface area contributed by atoms with Crippen LogP contribution >= 0.6 is 11.6 Å². The predicted octanol–water partition coefficient (Wildman–Crippen LogP) is 2.18. The molecule has 2 amide bonds. The lowest BCUT2D eigenvalue weighted by Gasteiger charge is -2.07. The smallest absolute Gasteiger partial charge is 0.313 e. The first-order valence-corrected chi connectivity index (χ1v) is 6.62. The van der Waals surface area contributed by atoms with Gasteiger partial charge >= 0.3 is 11.8 Å². The van der Waals surface area contributed by atoms with Gasteiger partial charge in [-0.15, -0.1) is 0 Å². The minimum absolute atomic E-state index is 0.287. The lowest BCUT2D eigenvalue weighted by atomic mass is 10.2. The highest BCUT2D eigenvalue weighted by Gasteiger charge is 2.13. The van der Waals surface area contributed by atoms with Crippen LogP contribution in [0, 0.1) is 0 Å². The quantitative estimate of drug-likeness (QED) is 0.600. The summed E-state index contributed by atoms with van der Waals surface area (Å²) in [6.07, 6.45) is 0.